The minimum absolute atomic E-state index is 0. The third-order valence-electron chi connectivity index (χ3n) is 3.58. The molecule has 0 spiro atoms. The molecule has 0 bridgehead atoms. The number of carbonyl (C=O) groups is 1. The van der Waals surface area contributed by atoms with Gasteiger partial charge in [0, 0.05) is 7.05 Å². The second-order valence-electron chi connectivity index (χ2n) is 4.71. The lowest BCUT2D eigenvalue weighted by Crippen LogP contribution is -2.53. The Hall–Kier alpha value is -1.00. The summed E-state index contributed by atoms with van der Waals surface area (Å²) >= 11 is 0. The van der Waals surface area contributed by atoms with E-state index in [4.69, 9.17) is 4.42 Å². The molecule has 1 amide bonds. The summed E-state index contributed by atoms with van der Waals surface area (Å²) in [4.78, 5) is 14.2. The van der Waals surface area contributed by atoms with Crippen molar-refractivity contribution in [2.45, 2.75) is 38.3 Å². The summed E-state index contributed by atoms with van der Waals surface area (Å²) in [5, 5.41) is 3.36. The molecule has 0 aromatic carbocycles. The van der Waals surface area contributed by atoms with E-state index >= 15 is 0 Å². The highest BCUT2D eigenvalue weighted by molar-refractivity contribution is 5.86. The quantitative estimate of drug-likeness (QED) is 0.914. The minimum atomic E-state index is -0.346. The van der Waals surface area contributed by atoms with E-state index in [0.29, 0.717) is 6.54 Å². The summed E-state index contributed by atoms with van der Waals surface area (Å²) in [7, 11) is 1.84. The maximum atomic E-state index is 12.4. The number of carbonyl (C=O) groups excluding carboxylic acids is 1. The Bertz CT molecular complexity index is 372. The maximum absolute atomic E-state index is 12.4. The van der Waals surface area contributed by atoms with Gasteiger partial charge in [-0.1, -0.05) is 6.92 Å². The van der Waals surface area contributed by atoms with Gasteiger partial charge >= 0.3 is 0 Å². The van der Waals surface area contributed by atoms with Crippen LogP contribution in [0.1, 0.15) is 31.9 Å². The molecule has 1 atom stereocenters. The highest BCUT2D eigenvalue weighted by atomic mass is 35.5. The molecule has 4 nitrogen and oxygen atoms in total. The molecule has 102 valence electrons. The zero-order valence-electron chi connectivity index (χ0n) is 10.9. The van der Waals surface area contributed by atoms with E-state index in [1.54, 1.807) is 11.2 Å². The van der Waals surface area contributed by atoms with Crippen LogP contribution in [0.4, 0.5) is 0 Å². The van der Waals surface area contributed by atoms with Crippen molar-refractivity contribution in [2.24, 2.45) is 0 Å². The third-order valence-corrected chi connectivity index (χ3v) is 3.58. The third kappa shape index (κ3) is 2.87. The van der Waals surface area contributed by atoms with Gasteiger partial charge in [0.05, 0.1) is 18.3 Å². The van der Waals surface area contributed by atoms with E-state index < -0.39 is 0 Å². The fourth-order valence-corrected chi connectivity index (χ4v) is 2.52. The Labute approximate surface area is 114 Å². The summed E-state index contributed by atoms with van der Waals surface area (Å²) in [5.74, 6) is 0.999. The van der Waals surface area contributed by atoms with Gasteiger partial charge in [0.1, 0.15) is 5.76 Å². The average Bonchev–Trinajstić information content (AvgIpc) is 2.99. The van der Waals surface area contributed by atoms with Crippen molar-refractivity contribution in [3.63, 3.8) is 0 Å². The topological polar surface area (TPSA) is 45.5 Å². The number of nitrogens with one attached hydrogen (secondary N) is 1. The first-order valence-corrected chi connectivity index (χ1v) is 6.21. The summed E-state index contributed by atoms with van der Waals surface area (Å²) < 4.78 is 5.27. The molecule has 0 aliphatic carbocycles. The largest absolute Gasteiger partial charge is 0.467 e. The molecule has 18 heavy (non-hydrogen) atoms. The SMILES string of the molecule is CCC1(C(=O)N(C)Cc2ccco2)CCCN1.Cl. The second kappa shape index (κ2) is 6.25. The molecule has 1 aliphatic rings. The molecule has 1 unspecified atom stereocenters. The molecule has 0 saturated carbocycles. The van der Waals surface area contributed by atoms with Crippen LogP contribution in [0.2, 0.25) is 0 Å². The summed E-state index contributed by atoms with van der Waals surface area (Å²) in [6.45, 7) is 3.54. The van der Waals surface area contributed by atoms with E-state index in [1.165, 1.54) is 0 Å². The van der Waals surface area contributed by atoms with Crippen LogP contribution in [0.15, 0.2) is 22.8 Å². The minimum Gasteiger partial charge on any atom is -0.467 e. The van der Waals surface area contributed by atoms with Crippen LogP contribution in [0.5, 0.6) is 0 Å². The normalized spacial score (nSPS) is 22.6. The first-order chi connectivity index (χ1) is 8.18. The van der Waals surface area contributed by atoms with Gasteiger partial charge in [-0.2, -0.15) is 0 Å². The first kappa shape index (κ1) is 15.1. The van der Waals surface area contributed by atoms with Crippen LogP contribution in [0, 0.1) is 0 Å². The zero-order chi connectivity index (χ0) is 12.3. The smallest absolute Gasteiger partial charge is 0.243 e. The highest BCUT2D eigenvalue weighted by Crippen LogP contribution is 2.25. The Kier molecular flexibility index (Phi) is 5.23. The second-order valence-corrected chi connectivity index (χ2v) is 4.71. The van der Waals surface area contributed by atoms with Crippen molar-refractivity contribution < 1.29 is 9.21 Å². The van der Waals surface area contributed by atoms with Gasteiger partial charge in [0.25, 0.3) is 0 Å². The van der Waals surface area contributed by atoms with Gasteiger partial charge < -0.3 is 14.6 Å². The van der Waals surface area contributed by atoms with Crippen LogP contribution >= 0.6 is 12.4 Å². The van der Waals surface area contributed by atoms with Crippen molar-refractivity contribution in [1.82, 2.24) is 10.2 Å². The Morgan fingerprint density at radius 1 is 1.61 bits per heavy atom. The maximum Gasteiger partial charge on any atom is 0.243 e. The molecule has 1 fully saturated rings. The summed E-state index contributed by atoms with van der Waals surface area (Å²) in [5.41, 5.74) is -0.346. The van der Waals surface area contributed by atoms with E-state index in [-0.39, 0.29) is 23.9 Å². The lowest BCUT2D eigenvalue weighted by molar-refractivity contribution is -0.137. The molecule has 1 aliphatic heterocycles. The lowest BCUT2D eigenvalue weighted by atomic mass is 9.92. The van der Waals surface area contributed by atoms with Gasteiger partial charge in [-0.3, -0.25) is 4.79 Å². The van der Waals surface area contributed by atoms with Gasteiger partial charge in [0.2, 0.25) is 5.91 Å². The monoisotopic (exact) mass is 272 g/mol. The molecule has 1 saturated heterocycles. The molecule has 1 aromatic rings. The molecule has 2 heterocycles. The fourth-order valence-electron chi connectivity index (χ4n) is 2.52. The molecular formula is C13H21ClN2O2. The number of hydrogen-bond acceptors (Lipinski definition) is 3. The molecule has 1 N–H and O–H groups in total. The molecule has 2 rings (SSSR count). The van der Waals surface area contributed by atoms with Crippen molar-refractivity contribution in [1.29, 1.82) is 0 Å². The Morgan fingerprint density at radius 3 is 2.89 bits per heavy atom. The Morgan fingerprint density at radius 2 is 2.39 bits per heavy atom. The number of rotatable bonds is 4. The fraction of sp³-hybridized carbons (Fsp3) is 0.615. The average molecular weight is 273 g/mol. The molecule has 1 aromatic heterocycles. The standard InChI is InChI=1S/C13H20N2O2.ClH/c1-3-13(7-5-8-14-13)12(16)15(2)10-11-6-4-9-17-11;/h4,6,9,14H,3,5,7-8,10H2,1-2H3;1H. The van der Waals surface area contributed by atoms with Crippen LogP contribution in [-0.4, -0.2) is 29.9 Å². The highest BCUT2D eigenvalue weighted by Gasteiger charge is 2.40. The van der Waals surface area contributed by atoms with E-state index in [0.717, 1.165) is 31.6 Å². The van der Waals surface area contributed by atoms with Crippen LogP contribution < -0.4 is 5.32 Å². The van der Waals surface area contributed by atoms with Gasteiger partial charge in [0.15, 0.2) is 0 Å². The molecule has 5 heteroatoms. The number of amides is 1. The number of halogens is 1. The number of likely N-dealkylation sites (N-methyl/N-ethyl adjacent to an activating group) is 1. The molecular weight excluding hydrogens is 252 g/mol. The van der Waals surface area contributed by atoms with Crippen LogP contribution in [-0.2, 0) is 11.3 Å². The predicted octanol–water partition coefficient (Wildman–Crippen LogP) is 2.19. The number of furan rings is 1. The van der Waals surface area contributed by atoms with Gasteiger partial charge in [-0.15, -0.1) is 12.4 Å². The van der Waals surface area contributed by atoms with Gasteiger partial charge in [-0.05, 0) is 37.9 Å². The number of hydrogen-bond donors (Lipinski definition) is 1. The van der Waals surface area contributed by atoms with Crippen LogP contribution in [0.25, 0.3) is 0 Å². The summed E-state index contributed by atoms with van der Waals surface area (Å²) in [6, 6.07) is 3.74. The first-order valence-electron chi connectivity index (χ1n) is 6.21. The zero-order valence-corrected chi connectivity index (χ0v) is 11.8. The number of nitrogens with zero attached hydrogens (tertiary/aromatic N) is 1. The van der Waals surface area contributed by atoms with E-state index in [2.05, 4.69) is 12.2 Å². The van der Waals surface area contributed by atoms with Gasteiger partial charge in [-0.25, -0.2) is 0 Å². The van der Waals surface area contributed by atoms with Crippen molar-refractivity contribution in [2.75, 3.05) is 13.6 Å². The van der Waals surface area contributed by atoms with Crippen molar-refractivity contribution in [3.8, 4) is 0 Å². The van der Waals surface area contributed by atoms with E-state index in [1.807, 2.05) is 19.2 Å². The predicted molar refractivity (Wildman–Crippen MR) is 72.7 cm³/mol. The lowest BCUT2D eigenvalue weighted by Gasteiger charge is -2.31. The molecule has 0 radical (unpaired) electrons. The van der Waals surface area contributed by atoms with Crippen LogP contribution in [0.3, 0.4) is 0 Å². The summed E-state index contributed by atoms with van der Waals surface area (Å²) in [6.07, 6.45) is 4.49. The van der Waals surface area contributed by atoms with Crippen molar-refractivity contribution in [3.05, 3.63) is 24.2 Å². The Balaban J connectivity index is 0.00000162. The van der Waals surface area contributed by atoms with E-state index in [9.17, 15) is 4.79 Å². The van der Waals surface area contributed by atoms with Crippen molar-refractivity contribution >= 4 is 18.3 Å².